The van der Waals surface area contributed by atoms with Gasteiger partial charge in [-0.25, -0.2) is 0 Å². The maximum absolute atomic E-state index is 11.1. The molecular weight excluding hydrogens is 126 g/mol. The zero-order chi connectivity index (χ0) is 8.15. The fourth-order valence-electron chi connectivity index (χ4n) is 0.601. The van der Waals surface area contributed by atoms with E-state index in [-0.39, 0.29) is 5.91 Å². The molecule has 0 aliphatic heterocycles. The van der Waals surface area contributed by atoms with Crippen LogP contribution in [-0.4, -0.2) is 17.4 Å². The molecule has 0 atom stereocenters. The van der Waals surface area contributed by atoms with E-state index in [9.17, 15) is 4.79 Å². The van der Waals surface area contributed by atoms with E-state index in [0.29, 0.717) is 12.1 Å². The minimum absolute atomic E-state index is 0.0579. The second-order valence-electron chi connectivity index (χ2n) is 2.05. The van der Waals surface area contributed by atoms with Crippen molar-refractivity contribution in [1.82, 2.24) is 4.90 Å². The van der Waals surface area contributed by atoms with Crippen molar-refractivity contribution >= 4 is 5.91 Å². The highest BCUT2D eigenvalue weighted by Gasteiger charge is 2.06. The van der Waals surface area contributed by atoms with Crippen LogP contribution in [0, 0.1) is 0 Å². The first kappa shape index (κ1) is 8.95. The van der Waals surface area contributed by atoms with Crippen LogP contribution in [0.25, 0.3) is 0 Å². The fourth-order valence-corrected chi connectivity index (χ4v) is 0.601. The van der Waals surface area contributed by atoms with Gasteiger partial charge in [-0.15, -0.1) is 0 Å². The van der Waals surface area contributed by atoms with Crippen molar-refractivity contribution in [2.24, 2.45) is 0 Å². The van der Waals surface area contributed by atoms with E-state index in [4.69, 9.17) is 0 Å². The van der Waals surface area contributed by atoms with Crippen molar-refractivity contribution in [2.75, 3.05) is 6.54 Å². The largest absolute Gasteiger partial charge is 0.316 e. The van der Waals surface area contributed by atoms with Gasteiger partial charge in [-0.2, -0.15) is 0 Å². The topological polar surface area (TPSA) is 20.3 Å². The number of nitrogens with zero attached hydrogens (tertiary/aromatic N) is 1. The molecule has 0 fully saturated rings. The molecule has 0 saturated heterocycles. The van der Waals surface area contributed by atoms with Crippen LogP contribution in [0.1, 0.15) is 13.8 Å². The maximum atomic E-state index is 11.1. The van der Waals surface area contributed by atoms with E-state index >= 15 is 0 Å². The lowest BCUT2D eigenvalue weighted by Crippen LogP contribution is -2.25. The molecule has 0 saturated carbocycles. The Hall–Kier alpha value is -1.05. The summed E-state index contributed by atoms with van der Waals surface area (Å²) in [4.78, 5) is 12.6. The molecule has 2 heteroatoms. The van der Waals surface area contributed by atoms with Gasteiger partial charge in [0.25, 0.3) is 5.91 Å². The third-order valence-corrected chi connectivity index (χ3v) is 1.19. The van der Waals surface area contributed by atoms with Crippen LogP contribution >= 0.6 is 0 Å². The van der Waals surface area contributed by atoms with Crippen molar-refractivity contribution in [3.05, 3.63) is 24.9 Å². The van der Waals surface area contributed by atoms with Crippen LogP contribution < -0.4 is 0 Å². The van der Waals surface area contributed by atoms with Crippen LogP contribution in [0.2, 0.25) is 0 Å². The van der Waals surface area contributed by atoms with Gasteiger partial charge in [-0.05, 0) is 20.0 Å². The SMILES string of the molecule is C=CN(CC)C(=O)C(=C)C. The molecule has 0 heterocycles. The predicted molar refractivity (Wildman–Crippen MR) is 42.4 cm³/mol. The molecule has 0 aromatic heterocycles. The molecule has 0 radical (unpaired) electrons. The van der Waals surface area contributed by atoms with Crippen LogP contribution in [0.15, 0.2) is 24.9 Å². The third-order valence-electron chi connectivity index (χ3n) is 1.19. The van der Waals surface area contributed by atoms with E-state index in [2.05, 4.69) is 13.2 Å². The summed E-state index contributed by atoms with van der Waals surface area (Å²) in [6.45, 7) is 11.3. The second-order valence-corrected chi connectivity index (χ2v) is 2.05. The average Bonchev–Trinajstić information content (AvgIpc) is 1.90. The van der Waals surface area contributed by atoms with Crippen molar-refractivity contribution in [3.63, 3.8) is 0 Å². The number of carbonyl (C=O) groups excluding carboxylic acids is 1. The number of amides is 1. The number of likely N-dealkylation sites (N-methyl/N-ethyl adjacent to an activating group) is 1. The minimum Gasteiger partial charge on any atom is -0.316 e. The van der Waals surface area contributed by atoms with Crippen LogP contribution in [0.4, 0.5) is 0 Å². The second kappa shape index (κ2) is 3.88. The van der Waals surface area contributed by atoms with E-state index in [0.717, 1.165) is 0 Å². The Balaban J connectivity index is 4.15. The monoisotopic (exact) mass is 139 g/mol. The molecule has 0 bridgehead atoms. The van der Waals surface area contributed by atoms with Crippen molar-refractivity contribution in [3.8, 4) is 0 Å². The predicted octanol–water partition coefficient (Wildman–Crippen LogP) is 1.55. The number of carbonyl (C=O) groups is 1. The standard InChI is InChI=1S/C8H13NO/c1-5-9(6-2)8(10)7(3)4/h5H,1,3,6H2,2,4H3. The normalized spacial score (nSPS) is 8.60. The molecule has 0 aromatic rings. The molecule has 1 amide bonds. The Morgan fingerprint density at radius 2 is 2.20 bits per heavy atom. The Morgan fingerprint density at radius 3 is 2.30 bits per heavy atom. The van der Waals surface area contributed by atoms with Gasteiger partial charge < -0.3 is 4.90 Å². The van der Waals surface area contributed by atoms with Gasteiger partial charge in [0.15, 0.2) is 0 Å². The zero-order valence-corrected chi connectivity index (χ0v) is 6.55. The first-order chi connectivity index (χ1) is 4.63. The van der Waals surface area contributed by atoms with E-state index in [1.54, 1.807) is 6.92 Å². The van der Waals surface area contributed by atoms with Gasteiger partial charge in [0, 0.05) is 12.1 Å². The van der Waals surface area contributed by atoms with Gasteiger partial charge in [-0.3, -0.25) is 4.79 Å². The van der Waals surface area contributed by atoms with Crippen LogP contribution in [-0.2, 0) is 4.79 Å². The first-order valence-electron chi connectivity index (χ1n) is 3.22. The summed E-state index contributed by atoms with van der Waals surface area (Å²) >= 11 is 0. The summed E-state index contributed by atoms with van der Waals surface area (Å²) < 4.78 is 0. The lowest BCUT2D eigenvalue weighted by molar-refractivity contribution is -0.124. The Morgan fingerprint density at radius 1 is 1.70 bits per heavy atom. The molecule has 0 unspecified atom stereocenters. The summed E-state index contributed by atoms with van der Waals surface area (Å²) in [5.41, 5.74) is 0.543. The molecule has 0 aliphatic carbocycles. The number of hydrogen-bond acceptors (Lipinski definition) is 1. The van der Waals surface area contributed by atoms with Gasteiger partial charge in [-0.1, -0.05) is 13.2 Å². The molecule has 2 nitrogen and oxygen atoms in total. The highest BCUT2D eigenvalue weighted by molar-refractivity contribution is 5.92. The molecule has 0 N–H and O–H groups in total. The van der Waals surface area contributed by atoms with Gasteiger partial charge in [0.1, 0.15) is 0 Å². The number of rotatable bonds is 3. The highest BCUT2D eigenvalue weighted by Crippen LogP contribution is 1.97. The molecule has 0 spiro atoms. The molecule has 0 aromatic carbocycles. The lowest BCUT2D eigenvalue weighted by Gasteiger charge is -2.14. The van der Waals surface area contributed by atoms with Crippen molar-refractivity contribution < 1.29 is 4.79 Å². The van der Waals surface area contributed by atoms with Gasteiger partial charge in [0.05, 0.1) is 0 Å². The summed E-state index contributed by atoms with van der Waals surface area (Å²) in [6, 6.07) is 0. The average molecular weight is 139 g/mol. The quantitative estimate of drug-likeness (QED) is 0.543. The Labute approximate surface area is 61.8 Å². The van der Waals surface area contributed by atoms with Crippen molar-refractivity contribution in [2.45, 2.75) is 13.8 Å². The van der Waals surface area contributed by atoms with E-state index in [1.165, 1.54) is 11.1 Å². The fraction of sp³-hybridized carbons (Fsp3) is 0.375. The summed E-state index contributed by atoms with van der Waals surface area (Å²) in [5, 5.41) is 0. The van der Waals surface area contributed by atoms with Gasteiger partial charge in [0.2, 0.25) is 0 Å². The summed E-state index contributed by atoms with van der Waals surface area (Å²) in [6.07, 6.45) is 1.51. The summed E-state index contributed by atoms with van der Waals surface area (Å²) in [7, 11) is 0. The molecular formula is C8H13NO. The minimum atomic E-state index is -0.0579. The number of hydrogen-bond donors (Lipinski definition) is 0. The Bertz CT molecular complexity index is 161. The van der Waals surface area contributed by atoms with E-state index < -0.39 is 0 Å². The van der Waals surface area contributed by atoms with E-state index in [1.807, 2.05) is 6.92 Å². The van der Waals surface area contributed by atoms with Crippen LogP contribution in [0.3, 0.4) is 0 Å². The van der Waals surface area contributed by atoms with Crippen molar-refractivity contribution in [1.29, 1.82) is 0 Å². The lowest BCUT2D eigenvalue weighted by atomic mass is 10.3. The summed E-state index contributed by atoms with van der Waals surface area (Å²) in [5.74, 6) is -0.0579. The highest BCUT2D eigenvalue weighted by atomic mass is 16.2. The zero-order valence-electron chi connectivity index (χ0n) is 6.55. The van der Waals surface area contributed by atoms with Gasteiger partial charge >= 0.3 is 0 Å². The molecule has 0 aliphatic rings. The third kappa shape index (κ3) is 2.05. The molecule has 10 heavy (non-hydrogen) atoms. The molecule has 0 rings (SSSR count). The smallest absolute Gasteiger partial charge is 0.252 e. The van der Waals surface area contributed by atoms with Crippen LogP contribution in [0.5, 0.6) is 0 Å². The first-order valence-corrected chi connectivity index (χ1v) is 3.22. The Kier molecular flexibility index (Phi) is 3.47. The molecule has 56 valence electrons. The maximum Gasteiger partial charge on any atom is 0.252 e.